The van der Waals surface area contributed by atoms with Crippen LogP contribution >= 0.6 is 11.8 Å². The van der Waals surface area contributed by atoms with E-state index in [1.54, 1.807) is 16.7 Å². The molecule has 2 heterocycles. The summed E-state index contributed by atoms with van der Waals surface area (Å²) in [5.41, 5.74) is 3.38. The largest absolute Gasteiger partial charge is 0.481 e. The number of ether oxygens (including phenoxy) is 1. The molecule has 6 nitrogen and oxygen atoms in total. The number of thioether (sulfide) groups is 1. The third-order valence-electron chi connectivity index (χ3n) is 5.39. The van der Waals surface area contributed by atoms with Crippen molar-refractivity contribution in [1.29, 1.82) is 0 Å². The summed E-state index contributed by atoms with van der Waals surface area (Å²) >= 11 is 1.47. The number of nitrogens with one attached hydrogen (secondary N) is 1. The van der Waals surface area contributed by atoms with Crippen LogP contribution < -0.4 is 15.6 Å². The van der Waals surface area contributed by atoms with E-state index in [1.807, 2.05) is 26.1 Å². The lowest BCUT2D eigenvalue weighted by Crippen LogP contribution is -2.33. The van der Waals surface area contributed by atoms with Crippen molar-refractivity contribution < 1.29 is 9.53 Å². The average Bonchev–Trinajstić information content (AvgIpc) is 2.80. The lowest BCUT2D eigenvalue weighted by molar-refractivity contribution is -0.116. The van der Waals surface area contributed by atoms with E-state index in [2.05, 4.69) is 40.5 Å². The predicted molar refractivity (Wildman–Crippen MR) is 126 cm³/mol. The number of amides is 1. The summed E-state index contributed by atoms with van der Waals surface area (Å²) in [5, 5.41) is 3.44. The average molecular weight is 446 g/mol. The minimum Gasteiger partial charge on any atom is -0.481 e. The Balaban J connectivity index is 1.64. The SMILES string of the molecule is C#CCOc1ccc([C@@H]2CC(=O)Nc3c2c(=O)nc(SCc2ccc(C)cc2)n3C)cc1. The van der Waals surface area contributed by atoms with E-state index < -0.39 is 0 Å². The van der Waals surface area contributed by atoms with Gasteiger partial charge in [0.25, 0.3) is 5.56 Å². The zero-order chi connectivity index (χ0) is 22.7. The molecule has 0 aliphatic carbocycles. The Kier molecular flexibility index (Phi) is 6.33. The number of rotatable bonds is 6. The minimum absolute atomic E-state index is 0.133. The molecule has 0 bridgehead atoms. The van der Waals surface area contributed by atoms with Crippen LogP contribution in [0, 0.1) is 19.3 Å². The molecule has 1 amide bonds. The molecule has 3 aromatic rings. The fourth-order valence-corrected chi connectivity index (χ4v) is 4.62. The Morgan fingerprint density at radius 1 is 1.19 bits per heavy atom. The number of fused-ring (bicyclic) bond motifs is 1. The number of terminal acetylenes is 1. The monoisotopic (exact) mass is 445 g/mol. The molecule has 7 heteroatoms. The van der Waals surface area contributed by atoms with Crippen LogP contribution in [0.25, 0.3) is 0 Å². The second-order valence-electron chi connectivity index (χ2n) is 7.66. The first-order valence-electron chi connectivity index (χ1n) is 10.2. The van der Waals surface area contributed by atoms with Crippen molar-refractivity contribution >= 4 is 23.5 Å². The highest BCUT2D eigenvalue weighted by Gasteiger charge is 2.32. The second kappa shape index (κ2) is 9.33. The molecular formula is C25H23N3O3S. The number of benzene rings is 2. The molecule has 1 atom stereocenters. The Bertz CT molecular complexity index is 1240. The summed E-state index contributed by atoms with van der Waals surface area (Å²) in [6.07, 6.45) is 5.41. The predicted octanol–water partition coefficient (Wildman–Crippen LogP) is 3.87. The maximum atomic E-state index is 13.1. The molecule has 0 unspecified atom stereocenters. The summed E-state index contributed by atoms with van der Waals surface area (Å²) in [4.78, 5) is 29.9. The molecule has 0 radical (unpaired) electrons. The van der Waals surface area contributed by atoms with Crippen LogP contribution in [0.2, 0.25) is 0 Å². The highest BCUT2D eigenvalue weighted by Crippen LogP contribution is 2.36. The van der Waals surface area contributed by atoms with E-state index in [-0.39, 0.29) is 30.4 Å². The van der Waals surface area contributed by atoms with Crippen LogP contribution in [0.1, 0.15) is 34.6 Å². The third kappa shape index (κ3) is 4.56. The van der Waals surface area contributed by atoms with Gasteiger partial charge in [-0.2, -0.15) is 4.98 Å². The molecule has 0 saturated heterocycles. The quantitative estimate of drug-likeness (QED) is 0.354. The van der Waals surface area contributed by atoms with E-state index in [9.17, 15) is 9.59 Å². The van der Waals surface area contributed by atoms with Crippen molar-refractivity contribution in [3.05, 3.63) is 81.1 Å². The maximum absolute atomic E-state index is 13.1. The van der Waals surface area contributed by atoms with E-state index in [1.165, 1.54) is 17.3 Å². The first-order chi connectivity index (χ1) is 15.5. The van der Waals surface area contributed by atoms with E-state index in [0.29, 0.717) is 28.0 Å². The van der Waals surface area contributed by atoms with Gasteiger partial charge in [-0.25, -0.2) is 0 Å². The van der Waals surface area contributed by atoms with Gasteiger partial charge in [0.2, 0.25) is 5.91 Å². The van der Waals surface area contributed by atoms with Crippen LogP contribution in [-0.4, -0.2) is 22.1 Å². The Morgan fingerprint density at radius 2 is 1.91 bits per heavy atom. The smallest absolute Gasteiger partial charge is 0.279 e. The molecule has 2 aromatic carbocycles. The van der Waals surface area contributed by atoms with Crippen LogP contribution in [-0.2, 0) is 17.6 Å². The van der Waals surface area contributed by atoms with Gasteiger partial charge in [0.15, 0.2) is 5.16 Å². The Morgan fingerprint density at radius 3 is 2.59 bits per heavy atom. The molecule has 1 aliphatic heterocycles. The summed E-state index contributed by atoms with van der Waals surface area (Å²) in [6.45, 7) is 2.23. The molecular weight excluding hydrogens is 422 g/mol. The fourth-order valence-electron chi connectivity index (χ4n) is 3.70. The highest BCUT2D eigenvalue weighted by molar-refractivity contribution is 7.98. The van der Waals surface area contributed by atoms with E-state index in [0.717, 1.165) is 11.1 Å². The number of carbonyl (C=O) groups excluding carboxylic acids is 1. The van der Waals surface area contributed by atoms with Crippen molar-refractivity contribution in [3.8, 4) is 18.1 Å². The van der Waals surface area contributed by atoms with Gasteiger partial charge in [-0.3, -0.25) is 9.59 Å². The minimum atomic E-state index is -0.372. The number of hydrogen-bond donors (Lipinski definition) is 1. The van der Waals surface area contributed by atoms with Gasteiger partial charge in [0.1, 0.15) is 18.2 Å². The molecule has 0 saturated carbocycles. The van der Waals surface area contributed by atoms with Crippen molar-refractivity contribution in [2.45, 2.75) is 30.2 Å². The standard InChI is InChI=1S/C25H23N3O3S/c1-4-13-31-19-11-9-18(10-12-19)20-14-21(29)26-23-22(20)24(30)27-25(28(23)3)32-15-17-7-5-16(2)6-8-17/h1,5-12,20H,13-15H2,2-3H3,(H,26,29)/t20-/m0/s1. The third-order valence-corrected chi connectivity index (χ3v) is 6.50. The normalized spacial score (nSPS) is 14.9. The highest BCUT2D eigenvalue weighted by atomic mass is 32.2. The number of aryl methyl sites for hydroxylation is 1. The van der Waals surface area contributed by atoms with E-state index >= 15 is 0 Å². The summed E-state index contributed by atoms with van der Waals surface area (Å²) < 4.78 is 7.22. The first kappa shape index (κ1) is 21.7. The first-order valence-corrected chi connectivity index (χ1v) is 11.2. The van der Waals surface area contributed by atoms with Crippen LogP contribution in [0.15, 0.2) is 58.5 Å². The van der Waals surface area contributed by atoms with Gasteiger partial charge in [0, 0.05) is 25.1 Å². The topological polar surface area (TPSA) is 73.2 Å². The lowest BCUT2D eigenvalue weighted by Gasteiger charge is -2.27. The van der Waals surface area contributed by atoms with Gasteiger partial charge < -0.3 is 14.6 Å². The summed E-state index contributed by atoms with van der Waals surface area (Å²) in [7, 11) is 1.82. The molecule has 32 heavy (non-hydrogen) atoms. The molecule has 162 valence electrons. The second-order valence-corrected chi connectivity index (χ2v) is 8.60. The van der Waals surface area contributed by atoms with Gasteiger partial charge in [-0.1, -0.05) is 59.6 Å². The Labute approximate surface area is 191 Å². The molecule has 1 aromatic heterocycles. The summed E-state index contributed by atoms with van der Waals surface area (Å²) in [6, 6.07) is 15.6. The number of aromatic nitrogens is 2. The Hall–Kier alpha value is -3.50. The molecule has 1 N–H and O–H groups in total. The fraction of sp³-hybridized carbons (Fsp3) is 0.240. The van der Waals surface area contributed by atoms with Gasteiger partial charge in [-0.15, -0.1) is 6.42 Å². The zero-order valence-corrected chi connectivity index (χ0v) is 18.7. The number of carbonyl (C=O) groups is 1. The van der Waals surface area contributed by atoms with Crippen LogP contribution in [0.4, 0.5) is 5.82 Å². The van der Waals surface area contributed by atoms with Gasteiger partial charge >= 0.3 is 0 Å². The van der Waals surface area contributed by atoms with Crippen LogP contribution in [0.3, 0.4) is 0 Å². The van der Waals surface area contributed by atoms with E-state index in [4.69, 9.17) is 11.2 Å². The maximum Gasteiger partial charge on any atom is 0.279 e. The number of hydrogen-bond acceptors (Lipinski definition) is 5. The number of anilines is 1. The molecule has 1 aliphatic rings. The molecule has 0 spiro atoms. The van der Waals surface area contributed by atoms with Crippen molar-refractivity contribution in [1.82, 2.24) is 9.55 Å². The van der Waals surface area contributed by atoms with Crippen molar-refractivity contribution in [2.75, 3.05) is 11.9 Å². The number of nitrogens with zero attached hydrogens (tertiary/aromatic N) is 2. The van der Waals surface area contributed by atoms with Gasteiger partial charge in [-0.05, 0) is 30.2 Å². The van der Waals surface area contributed by atoms with Crippen molar-refractivity contribution in [3.63, 3.8) is 0 Å². The summed E-state index contributed by atoms with van der Waals surface area (Å²) in [5.74, 6) is 3.74. The van der Waals surface area contributed by atoms with Crippen molar-refractivity contribution in [2.24, 2.45) is 7.05 Å². The van der Waals surface area contributed by atoms with Crippen LogP contribution in [0.5, 0.6) is 5.75 Å². The van der Waals surface area contributed by atoms with Gasteiger partial charge in [0.05, 0.1) is 5.56 Å². The lowest BCUT2D eigenvalue weighted by atomic mass is 9.87. The zero-order valence-electron chi connectivity index (χ0n) is 17.9. The molecule has 0 fully saturated rings. The molecule has 4 rings (SSSR count).